The molecule has 0 aromatic heterocycles. The van der Waals surface area contributed by atoms with Gasteiger partial charge in [0.15, 0.2) is 0 Å². The second kappa shape index (κ2) is 9.44. The van der Waals surface area contributed by atoms with Gasteiger partial charge < -0.3 is 10.1 Å². The van der Waals surface area contributed by atoms with Crippen molar-refractivity contribution in [1.29, 1.82) is 0 Å². The second-order valence-electron chi connectivity index (χ2n) is 7.27. The van der Waals surface area contributed by atoms with Crippen LogP contribution in [0, 0.1) is 17.0 Å². The summed E-state index contributed by atoms with van der Waals surface area (Å²) in [4.78, 5) is 23.1. The van der Waals surface area contributed by atoms with Crippen LogP contribution in [0.2, 0.25) is 0 Å². The van der Waals surface area contributed by atoms with Gasteiger partial charge in [0.2, 0.25) is 10.0 Å². The maximum atomic E-state index is 13.2. The largest absolute Gasteiger partial charge is 0.492 e. The molecule has 0 saturated carbocycles. The maximum absolute atomic E-state index is 13.2. The molecule has 1 aliphatic heterocycles. The van der Waals surface area contributed by atoms with Crippen molar-refractivity contribution in [3.05, 3.63) is 57.6 Å². The summed E-state index contributed by atoms with van der Waals surface area (Å²) in [6.07, 6.45) is 2.60. The quantitative estimate of drug-likeness (QED) is 0.510. The number of sulfonamides is 1. The molecule has 0 spiro atoms. The molecule has 0 radical (unpaired) electrons. The normalized spacial score (nSPS) is 14.8. The van der Waals surface area contributed by atoms with Crippen LogP contribution in [0.15, 0.2) is 41.3 Å². The van der Waals surface area contributed by atoms with Gasteiger partial charge in [0.05, 0.1) is 11.5 Å². The van der Waals surface area contributed by atoms with Gasteiger partial charge in [0.25, 0.3) is 11.6 Å². The van der Waals surface area contributed by atoms with E-state index in [0.29, 0.717) is 30.9 Å². The maximum Gasteiger partial charge on any atom is 0.272 e. The monoisotopic (exact) mass is 447 g/mol. The predicted molar refractivity (Wildman–Crippen MR) is 116 cm³/mol. The number of benzene rings is 2. The zero-order valence-electron chi connectivity index (χ0n) is 17.5. The zero-order chi connectivity index (χ0) is 22.6. The summed E-state index contributed by atoms with van der Waals surface area (Å²) in [5.74, 6) is -0.263. The first-order chi connectivity index (χ1) is 14.7. The fourth-order valence-corrected chi connectivity index (χ4v) is 5.19. The van der Waals surface area contributed by atoms with Crippen molar-refractivity contribution in [1.82, 2.24) is 4.31 Å². The number of piperidine rings is 1. The molecular formula is C21H25N3O6S. The standard InChI is InChI=1S/C21H25N3O6S/c1-3-30-19-10-8-17(14-20(19)31(28,29)23-11-5-4-6-12-23)22-21(25)16-7-9-18(24(26)27)15(2)13-16/h7-10,13-14H,3-6,11-12H2,1-2H3,(H,22,25). The SMILES string of the molecule is CCOc1ccc(NC(=O)c2ccc([N+](=O)[O-])c(C)c2)cc1S(=O)(=O)N1CCCCC1. The minimum Gasteiger partial charge on any atom is -0.492 e. The van der Waals surface area contributed by atoms with Gasteiger partial charge in [-0.05, 0) is 57.0 Å². The Kier molecular flexibility index (Phi) is 6.91. The molecule has 2 aromatic rings. The molecule has 1 N–H and O–H groups in total. The fraction of sp³-hybridized carbons (Fsp3) is 0.381. The molecule has 10 heteroatoms. The number of nitro benzene ring substituents is 1. The van der Waals surface area contributed by atoms with E-state index in [9.17, 15) is 23.3 Å². The predicted octanol–water partition coefficient (Wildman–Crippen LogP) is 3.73. The summed E-state index contributed by atoms with van der Waals surface area (Å²) in [6.45, 7) is 4.52. The summed E-state index contributed by atoms with van der Waals surface area (Å²) < 4.78 is 33.4. The van der Waals surface area contributed by atoms with Crippen molar-refractivity contribution < 1.29 is 22.9 Å². The van der Waals surface area contributed by atoms with Gasteiger partial charge in [-0.15, -0.1) is 0 Å². The van der Waals surface area contributed by atoms with E-state index >= 15 is 0 Å². The van der Waals surface area contributed by atoms with E-state index < -0.39 is 20.9 Å². The minimum atomic E-state index is -3.78. The summed E-state index contributed by atoms with van der Waals surface area (Å²) >= 11 is 0. The van der Waals surface area contributed by atoms with Crippen LogP contribution in [0.1, 0.15) is 42.1 Å². The third kappa shape index (κ3) is 5.02. The van der Waals surface area contributed by atoms with E-state index in [1.807, 2.05) is 0 Å². The summed E-state index contributed by atoms with van der Waals surface area (Å²) in [7, 11) is -3.78. The Morgan fingerprint density at radius 1 is 1.16 bits per heavy atom. The van der Waals surface area contributed by atoms with Crippen molar-refractivity contribution in [3.8, 4) is 5.75 Å². The molecule has 0 bridgehead atoms. The molecular weight excluding hydrogens is 422 g/mol. The van der Waals surface area contributed by atoms with E-state index in [2.05, 4.69) is 5.32 Å². The van der Waals surface area contributed by atoms with E-state index in [0.717, 1.165) is 19.3 Å². The Labute approximate surface area is 181 Å². The first-order valence-corrected chi connectivity index (χ1v) is 11.5. The number of amides is 1. The molecule has 1 fully saturated rings. The Balaban J connectivity index is 1.90. The summed E-state index contributed by atoms with van der Waals surface area (Å²) in [5.41, 5.74) is 0.808. The highest BCUT2D eigenvalue weighted by Gasteiger charge is 2.29. The van der Waals surface area contributed by atoms with E-state index in [1.165, 1.54) is 34.6 Å². The number of anilines is 1. The van der Waals surface area contributed by atoms with Crippen LogP contribution >= 0.6 is 0 Å². The molecule has 9 nitrogen and oxygen atoms in total. The van der Waals surface area contributed by atoms with Gasteiger partial charge in [0, 0.05) is 36.0 Å². The second-order valence-corrected chi connectivity index (χ2v) is 9.18. The third-order valence-electron chi connectivity index (χ3n) is 5.09. The lowest BCUT2D eigenvalue weighted by Crippen LogP contribution is -2.35. The van der Waals surface area contributed by atoms with Crippen LogP contribution in [0.3, 0.4) is 0 Å². The Morgan fingerprint density at radius 2 is 1.87 bits per heavy atom. The van der Waals surface area contributed by atoms with E-state index in [4.69, 9.17) is 4.74 Å². The number of carbonyl (C=O) groups is 1. The number of hydrogen-bond donors (Lipinski definition) is 1. The Bertz CT molecular complexity index is 1090. The van der Waals surface area contributed by atoms with Crippen molar-refractivity contribution in [2.75, 3.05) is 25.0 Å². The molecule has 1 saturated heterocycles. The lowest BCUT2D eigenvalue weighted by molar-refractivity contribution is -0.385. The highest BCUT2D eigenvalue weighted by Crippen LogP contribution is 2.31. The summed E-state index contributed by atoms with van der Waals surface area (Å²) in [5, 5.41) is 13.6. The molecule has 0 atom stereocenters. The van der Waals surface area contributed by atoms with E-state index in [1.54, 1.807) is 19.9 Å². The Morgan fingerprint density at radius 3 is 2.48 bits per heavy atom. The molecule has 1 heterocycles. The number of aryl methyl sites for hydroxylation is 1. The molecule has 31 heavy (non-hydrogen) atoms. The number of carbonyl (C=O) groups excluding carboxylic acids is 1. The van der Waals surface area contributed by atoms with Gasteiger partial charge in [-0.2, -0.15) is 4.31 Å². The van der Waals surface area contributed by atoms with Gasteiger partial charge in [0.1, 0.15) is 10.6 Å². The smallest absolute Gasteiger partial charge is 0.272 e. The average Bonchev–Trinajstić information content (AvgIpc) is 2.75. The van der Waals surface area contributed by atoms with E-state index in [-0.39, 0.29) is 21.9 Å². The summed E-state index contributed by atoms with van der Waals surface area (Å²) in [6, 6.07) is 8.54. The number of ether oxygens (including phenoxy) is 1. The van der Waals surface area contributed by atoms with Crippen LogP contribution < -0.4 is 10.1 Å². The lowest BCUT2D eigenvalue weighted by Gasteiger charge is -2.27. The number of nitrogens with zero attached hydrogens (tertiary/aromatic N) is 2. The van der Waals surface area contributed by atoms with Gasteiger partial charge in [-0.3, -0.25) is 14.9 Å². The number of nitrogens with one attached hydrogen (secondary N) is 1. The van der Waals surface area contributed by atoms with Crippen LogP contribution in [0.4, 0.5) is 11.4 Å². The zero-order valence-corrected chi connectivity index (χ0v) is 18.3. The molecule has 166 valence electrons. The van der Waals surface area contributed by atoms with Gasteiger partial charge >= 0.3 is 0 Å². The molecule has 0 aliphatic carbocycles. The first kappa shape index (κ1) is 22.7. The average molecular weight is 448 g/mol. The van der Waals surface area contributed by atoms with Gasteiger partial charge in [-0.25, -0.2) is 8.42 Å². The highest BCUT2D eigenvalue weighted by molar-refractivity contribution is 7.89. The molecule has 3 rings (SSSR count). The topological polar surface area (TPSA) is 119 Å². The van der Waals surface area contributed by atoms with Crippen molar-refractivity contribution in [2.24, 2.45) is 0 Å². The molecule has 2 aromatic carbocycles. The number of nitro groups is 1. The lowest BCUT2D eigenvalue weighted by atomic mass is 10.1. The van der Waals surface area contributed by atoms with Gasteiger partial charge in [-0.1, -0.05) is 6.42 Å². The van der Waals surface area contributed by atoms with Crippen LogP contribution in [0.25, 0.3) is 0 Å². The van der Waals surface area contributed by atoms with Crippen LogP contribution in [-0.2, 0) is 10.0 Å². The number of hydrogen-bond acceptors (Lipinski definition) is 6. The third-order valence-corrected chi connectivity index (χ3v) is 7.01. The van der Waals surface area contributed by atoms with Crippen molar-refractivity contribution in [2.45, 2.75) is 38.0 Å². The first-order valence-electron chi connectivity index (χ1n) is 10.1. The highest BCUT2D eigenvalue weighted by atomic mass is 32.2. The minimum absolute atomic E-state index is 0.00827. The van der Waals surface area contributed by atoms with Crippen molar-refractivity contribution >= 4 is 27.3 Å². The molecule has 0 unspecified atom stereocenters. The van der Waals surface area contributed by atoms with Crippen LogP contribution in [-0.4, -0.2) is 43.2 Å². The number of rotatable bonds is 7. The molecule has 1 aliphatic rings. The Hall–Kier alpha value is -2.98. The molecule has 1 amide bonds. The fourth-order valence-electron chi connectivity index (χ4n) is 3.51. The van der Waals surface area contributed by atoms with Crippen LogP contribution in [0.5, 0.6) is 5.75 Å². The van der Waals surface area contributed by atoms with Crippen molar-refractivity contribution in [3.63, 3.8) is 0 Å².